The number of carbonyl (C=O) groups excluding carboxylic acids is 1. The highest BCUT2D eigenvalue weighted by molar-refractivity contribution is 7.92. The first kappa shape index (κ1) is 29.9. The van der Waals surface area contributed by atoms with Crippen LogP contribution >= 0.6 is 11.6 Å². The van der Waals surface area contributed by atoms with Crippen molar-refractivity contribution >= 4 is 43.2 Å². The number of nitrogens with zero attached hydrogens (tertiary/aromatic N) is 2. The first-order valence-corrected chi connectivity index (χ1v) is 16.1. The number of nitrogens with one attached hydrogen (secondary N) is 1. The van der Waals surface area contributed by atoms with Crippen molar-refractivity contribution in [3.63, 3.8) is 0 Å². The molecule has 1 amide bonds. The fourth-order valence-electron chi connectivity index (χ4n) is 4.26. The van der Waals surface area contributed by atoms with Crippen LogP contribution < -0.4 is 14.4 Å². The molecule has 1 heterocycles. The molecule has 1 saturated heterocycles. The summed E-state index contributed by atoms with van der Waals surface area (Å²) in [5, 5.41) is 3.09. The van der Waals surface area contributed by atoms with Crippen molar-refractivity contribution in [2.24, 2.45) is 0 Å². The van der Waals surface area contributed by atoms with Crippen molar-refractivity contribution in [3.05, 3.63) is 82.9 Å². The minimum atomic E-state index is -4.06. The van der Waals surface area contributed by atoms with E-state index in [2.05, 4.69) is 5.32 Å². The summed E-state index contributed by atoms with van der Waals surface area (Å²) < 4.78 is 60.5. The van der Waals surface area contributed by atoms with Gasteiger partial charge in [0.25, 0.3) is 10.0 Å². The summed E-state index contributed by atoms with van der Waals surface area (Å²) >= 11 is 5.94. The lowest BCUT2D eigenvalue weighted by molar-refractivity contribution is -0.119. The minimum absolute atomic E-state index is 0.0152. The van der Waals surface area contributed by atoms with E-state index in [9.17, 15) is 21.6 Å². The summed E-state index contributed by atoms with van der Waals surface area (Å²) in [6.07, 6.45) is 1.73. The maximum absolute atomic E-state index is 13.5. The molecule has 0 spiro atoms. The number of benzene rings is 3. The van der Waals surface area contributed by atoms with Gasteiger partial charge in [0.05, 0.1) is 22.0 Å². The Hall–Kier alpha value is -3.12. The molecule has 4 rings (SSSR count). The van der Waals surface area contributed by atoms with Crippen molar-refractivity contribution in [3.8, 4) is 5.75 Å². The van der Waals surface area contributed by atoms with Gasteiger partial charge >= 0.3 is 0 Å². The highest BCUT2D eigenvalue weighted by atomic mass is 35.5. The van der Waals surface area contributed by atoms with Crippen LogP contribution in [0.1, 0.15) is 24.0 Å². The van der Waals surface area contributed by atoms with E-state index in [1.54, 1.807) is 24.3 Å². The first-order chi connectivity index (χ1) is 19.0. The van der Waals surface area contributed by atoms with Crippen LogP contribution in [0.3, 0.4) is 0 Å². The molecule has 1 aliphatic rings. The van der Waals surface area contributed by atoms with E-state index in [1.165, 1.54) is 40.7 Å². The van der Waals surface area contributed by atoms with Crippen LogP contribution in [0.15, 0.2) is 76.5 Å². The average molecular weight is 606 g/mol. The number of carbonyl (C=O) groups is 1. The summed E-state index contributed by atoms with van der Waals surface area (Å²) in [5.41, 5.74) is 2.26. The maximum Gasteiger partial charge on any atom is 0.264 e. The van der Waals surface area contributed by atoms with E-state index in [0.717, 1.165) is 28.3 Å². The molecule has 12 heteroatoms. The van der Waals surface area contributed by atoms with Gasteiger partial charge in [-0.05, 0) is 98.5 Å². The fourth-order valence-corrected chi connectivity index (χ4v) is 7.32. The average Bonchev–Trinajstić information content (AvgIpc) is 3.48. The molecule has 3 aromatic carbocycles. The lowest BCUT2D eigenvalue weighted by atomic mass is 10.1. The van der Waals surface area contributed by atoms with E-state index in [1.807, 2.05) is 19.9 Å². The van der Waals surface area contributed by atoms with Crippen molar-refractivity contribution in [2.75, 3.05) is 37.1 Å². The molecule has 0 saturated carbocycles. The molecule has 40 heavy (non-hydrogen) atoms. The zero-order chi connectivity index (χ0) is 28.9. The molecule has 0 bridgehead atoms. The second kappa shape index (κ2) is 12.6. The number of amides is 1. The van der Waals surface area contributed by atoms with Crippen LogP contribution in [-0.2, 0) is 24.8 Å². The van der Waals surface area contributed by atoms with Crippen LogP contribution in [0.4, 0.5) is 5.69 Å². The SMILES string of the molecule is Cc1ccc(N(CC(=O)NCCOc2ccc(S(=O)(=O)N3CCCC3)cc2)S(=O)(=O)c2ccc(Cl)cc2)cc1C. The number of hydrogen-bond donors (Lipinski definition) is 1. The number of aryl methyl sites for hydroxylation is 2. The van der Waals surface area contributed by atoms with Gasteiger partial charge in [-0.25, -0.2) is 16.8 Å². The molecule has 0 aromatic heterocycles. The predicted molar refractivity (Wildman–Crippen MR) is 155 cm³/mol. The second-order valence-electron chi connectivity index (χ2n) is 9.52. The van der Waals surface area contributed by atoms with Crippen molar-refractivity contribution in [1.82, 2.24) is 9.62 Å². The molecule has 1 aliphatic heterocycles. The number of anilines is 1. The van der Waals surface area contributed by atoms with Gasteiger partial charge in [-0.15, -0.1) is 0 Å². The summed E-state index contributed by atoms with van der Waals surface area (Å²) in [6, 6.07) is 17.1. The smallest absolute Gasteiger partial charge is 0.264 e. The Morgan fingerprint density at radius 3 is 2.15 bits per heavy atom. The summed E-state index contributed by atoms with van der Waals surface area (Å²) in [5.74, 6) is -0.0527. The molecule has 0 radical (unpaired) electrons. The summed E-state index contributed by atoms with van der Waals surface area (Å²) in [4.78, 5) is 13.1. The quantitative estimate of drug-likeness (QED) is 0.329. The molecule has 0 atom stereocenters. The van der Waals surface area contributed by atoms with Crippen molar-refractivity contribution in [1.29, 1.82) is 0 Å². The van der Waals surface area contributed by atoms with Crippen LogP contribution in [0.5, 0.6) is 5.75 Å². The molecule has 3 aromatic rings. The zero-order valence-electron chi connectivity index (χ0n) is 22.3. The lowest BCUT2D eigenvalue weighted by Crippen LogP contribution is -2.42. The van der Waals surface area contributed by atoms with Crippen LogP contribution in [-0.4, -0.2) is 59.8 Å². The van der Waals surface area contributed by atoms with E-state index in [4.69, 9.17) is 16.3 Å². The molecule has 0 aliphatic carbocycles. The summed E-state index contributed by atoms with van der Waals surface area (Å²) in [7, 11) is -7.57. The second-order valence-corrected chi connectivity index (χ2v) is 13.8. The number of sulfonamides is 2. The third kappa shape index (κ3) is 6.95. The molecule has 9 nitrogen and oxygen atoms in total. The van der Waals surface area contributed by atoms with E-state index in [0.29, 0.717) is 29.5 Å². The topological polar surface area (TPSA) is 113 Å². The van der Waals surface area contributed by atoms with E-state index >= 15 is 0 Å². The normalized spacial score (nSPS) is 14.2. The van der Waals surface area contributed by atoms with Gasteiger partial charge in [-0.1, -0.05) is 17.7 Å². The predicted octanol–water partition coefficient (Wildman–Crippen LogP) is 4.13. The van der Waals surface area contributed by atoms with E-state index in [-0.39, 0.29) is 22.9 Å². The number of rotatable bonds is 11. The molecular formula is C28H32ClN3O6S2. The van der Waals surface area contributed by atoms with E-state index < -0.39 is 32.5 Å². The standard InChI is InChI=1S/C28H32ClN3O6S2/c1-21-5-8-24(19-22(21)2)32(40(36,37)27-11-6-23(29)7-12-27)20-28(33)30-15-18-38-25-9-13-26(14-10-25)39(34,35)31-16-3-4-17-31/h5-14,19H,3-4,15-18,20H2,1-2H3,(H,30,33). The first-order valence-electron chi connectivity index (χ1n) is 12.8. The van der Waals surface area contributed by atoms with Crippen LogP contribution in [0.2, 0.25) is 5.02 Å². The molecule has 1 fully saturated rings. The number of ether oxygens (including phenoxy) is 1. The van der Waals surface area contributed by atoms with Gasteiger partial charge in [-0.3, -0.25) is 9.10 Å². The Labute approximate surface area is 240 Å². The largest absolute Gasteiger partial charge is 0.492 e. The van der Waals surface area contributed by atoms with Crippen LogP contribution in [0.25, 0.3) is 0 Å². The van der Waals surface area contributed by atoms with Gasteiger partial charge in [0.15, 0.2) is 0 Å². The van der Waals surface area contributed by atoms with Crippen LogP contribution in [0, 0.1) is 13.8 Å². The summed E-state index contributed by atoms with van der Waals surface area (Å²) in [6.45, 7) is 4.65. The van der Waals surface area contributed by atoms with Gasteiger partial charge < -0.3 is 10.1 Å². The van der Waals surface area contributed by atoms with Crippen molar-refractivity contribution in [2.45, 2.75) is 36.5 Å². The third-order valence-electron chi connectivity index (χ3n) is 6.69. The molecule has 0 unspecified atom stereocenters. The Bertz CT molecular complexity index is 1550. The third-order valence-corrected chi connectivity index (χ3v) is 10.6. The molecule has 214 valence electrons. The molecular weight excluding hydrogens is 574 g/mol. The lowest BCUT2D eigenvalue weighted by Gasteiger charge is -2.25. The highest BCUT2D eigenvalue weighted by Gasteiger charge is 2.28. The van der Waals surface area contributed by atoms with Gasteiger partial charge in [0, 0.05) is 18.1 Å². The number of halogens is 1. The Kier molecular flexibility index (Phi) is 9.40. The highest BCUT2D eigenvalue weighted by Crippen LogP contribution is 2.27. The Morgan fingerprint density at radius 1 is 0.900 bits per heavy atom. The maximum atomic E-state index is 13.5. The minimum Gasteiger partial charge on any atom is -0.492 e. The Morgan fingerprint density at radius 2 is 1.52 bits per heavy atom. The fraction of sp³-hybridized carbons (Fsp3) is 0.321. The van der Waals surface area contributed by atoms with Crippen molar-refractivity contribution < 1.29 is 26.4 Å². The van der Waals surface area contributed by atoms with Gasteiger partial charge in [-0.2, -0.15) is 4.31 Å². The number of hydrogen-bond acceptors (Lipinski definition) is 6. The zero-order valence-corrected chi connectivity index (χ0v) is 24.7. The van der Waals surface area contributed by atoms with Gasteiger partial charge in [0.2, 0.25) is 15.9 Å². The monoisotopic (exact) mass is 605 g/mol. The molecule has 1 N–H and O–H groups in total. The Balaban J connectivity index is 1.38. The van der Waals surface area contributed by atoms with Gasteiger partial charge in [0.1, 0.15) is 18.9 Å².